The number of fused-ring (bicyclic) bond motifs is 1. The van der Waals surface area contributed by atoms with Gasteiger partial charge in [0.1, 0.15) is 5.65 Å². The highest BCUT2D eigenvalue weighted by Crippen LogP contribution is 2.18. The first-order chi connectivity index (χ1) is 10.4. The van der Waals surface area contributed by atoms with E-state index in [0.29, 0.717) is 25.4 Å². The van der Waals surface area contributed by atoms with Gasteiger partial charge in [-0.15, -0.1) is 0 Å². The average Bonchev–Trinajstić information content (AvgIpc) is 2.80. The first-order valence-corrected chi connectivity index (χ1v) is 8.23. The van der Waals surface area contributed by atoms with Gasteiger partial charge in [-0.05, 0) is 46.8 Å². The number of halogens is 1. The van der Waals surface area contributed by atoms with Crippen molar-refractivity contribution in [3.63, 3.8) is 0 Å². The van der Waals surface area contributed by atoms with Crippen molar-refractivity contribution in [2.75, 3.05) is 6.54 Å². The van der Waals surface area contributed by atoms with Gasteiger partial charge >= 0.3 is 5.97 Å². The van der Waals surface area contributed by atoms with Gasteiger partial charge in [0, 0.05) is 23.8 Å². The summed E-state index contributed by atoms with van der Waals surface area (Å²) in [6.07, 6.45) is 4.50. The molecule has 22 heavy (non-hydrogen) atoms. The van der Waals surface area contributed by atoms with Gasteiger partial charge in [0.25, 0.3) is 0 Å². The highest BCUT2D eigenvalue weighted by Gasteiger charge is 2.18. The molecule has 6 heteroatoms. The minimum Gasteiger partial charge on any atom is -0.481 e. The highest BCUT2D eigenvalue weighted by atomic mass is 79.9. The molecule has 0 radical (unpaired) electrons. The van der Waals surface area contributed by atoms with E-state index in [1.165, 1.54) is 0 Å². The molecule has 0 aliphatic heterocycles. The number of imidazole rings is 1. The van der Waals surface area contributed by atoms with Gasteiger partial charge in [-0.2, -0.15) is 0 Å². The Morgan fingerprint density at radius 1 is 1.50 bits per heavy atom. The second kappa shape index (κ2) is 7.24. The Kier molecular flexibility index (Phi) is 5.58. The third-order valence-electron chi connectivity index (χ3n) is 3.64. The van der Waals surface area contributed by atoms with Crippen molar-refractivity contribution in [3.8, 4) is 0 Å². The fourth-order valence-corrected chi connectivity index (χ4v) is 3.16. The minimum atomic E-state index is -0.738. The third kappa shape index (κ3) is 4.08. The first kappa shape index (κ1) is 17.0. The van der Waals surface area contributed by atoms with Crippen LogP contribution in [0.1, 0.15) is 31.5 Å². The molecule has 2 heterocycles. The van der Waals surface area contributed by atoms with Crippen LogP contribution in [0.3, 0.4) is 0 Å². The maximum Gasteiger partial charge on any atom is 0.307 e. The molecular weight excluding hydrogens is 346 g/mol. The van der Waals surface area contributed by atoms with Crippen LogP contribution in [0.5, 0.6) is 0 Å². The van der Waals surface area contributed by atoms with Crippen LogP contribution in [0, 0.1) is 18.8 Å². The van der Waals surface area contributed by atoms with E-state index in [1.807, 2.05) is 43.6 Å². The average molecular weight is 368 g/mol. The summed E-state index contributed by atoms with van der Waals surface area (Å²) >= 11 is 3.49. The Morgan fingerprint density at radius 2 is 2.23 bits per heavy atom. The number of aromatic nitrogens is 2. The van der Waals surface area contributed by atoms with Crippen LogP contribution in [-0.2, 0) is 11.3 Å². The number of carboxylic acid groups (broad SMARTS) is 1. The standard InChI is InChI=1S/C16H22BrN3O2/c1-10(2)4-12(16(21)22)6-18-7-14-8-19-15-11(3)5-13(17)9-20(14)15/h5,8-10,12,18H,4,6-7H2,1-3H3,(H,21,22). The van der Waals surface area contributed by atoms with E-state index in [9.17, 15) is 9.90 Å². The number of aryl methyl sites for hydroxylation is 1. The molecule has 1 unspecified atom stereocenters. The molecule has 0 bridgehead atoms. The Morgan fingerprint density at radius 3 is 2.86 bits per heavy atom. The van der Waals surface area contributed by atoms with Crippen LogP contribution in [0.15, 0.2) is 22.9 Å². The summed E-state index contributed by atoms with van der Waals surface area (Å²) < 4.78 is 3.03. The molecule has 2 N–H and O–H groups in total. The van der Waals surface area contributed by atoms with Crippen LogP contribution >= 0.6 is 15.9 Å². The number of carbonyl (C=O) groups is 1. The van der Waals surface area contributed by atoms with Crippen molar-refractivity contribution < 1.29 is 9.90 Å². The molecule has 2 rings (SSSR count). The van der Waals surface area contributed by atoms with Gasteiger partial charge in [-0.25, -0.2) is 4.98 Å². The summed E-state index contributed by atoms with van der Waals surface area (Å²) in [5, 5.41) is 12.5. The summed E-state index contributed by atoms with van der Waals surface area (Å²) in [6, 6.07) is 2.03. The van der Waals surface area contributed by atoms with Crippen molar-refractivity contribution in [2.45, 2.75) is 33.7 Å². The SMILES string of the molecule is Cc1cc(Br)cn2c(CNCC(CC(C)C)C(=O)O)cnc12. The van der Waals surface area contributed by atoms with E-state index in [4.69, 9.17) is 0 Å². The lowest BCUT2D eigenvalue weighted by atomic mass is 9.97. The Bertz CT molecular complexity index is 667. The van der Waals surface area contributed by atoms with Crippen LogP contribution in [0.25, 0.3) is 5.65 Å². The molecule has 120 valence electrons. The predicted octanol–water partition coefficient (Wildman–Crippen LogP) is 3.24. The Balaban J connectivity index is 2.04. The molecule has 0 saturated carbocycles. The summed E-state index contributed by atoms with van der Waals surface area (Å²) in [4.78, 5) is 15.7. The molecule has 0 spiro atoms. The first-order valence-electron chi connectivity index (χ1n) is 7.44. The largest absolute Gasteiger partial charge is 0.481 e. The number of rotatable bonds is 7. The van der Waals surface area contributed by atoms with E-state index < -0.39 is 5.97 Å². The second-order valence-corrected chi connectivity index (χ2v) is 7.00. The zero-order valence-corrected chi connectivity index (χ0v) is 14.7. The lowest BCUT2D eigenvalue weighted by Gasteiger charge is -2.15. The summed E-state index contributed by atoms with van der Waals surface area (Å²) in [5.41, 5.74) is 3.05. The number of aliphatic carboxylic acids is 1. The monoisotopic (exact) mass is 367 g/mol. The Labute approximate surface area is 138 Å². The van der Waals surface area contributed by atoms with Crippen molar-refractivity contribution in [2.24, 2.45) is 11.8 Å². The van der Waals surface area contributed by atoms with Crippen LogP contribution < -0.4 is 5.32 Å². The molecule has 2 aromatic rings. The number of hydrogen-bond donors (Lipinski definition) is 2. The normalized spacial score (nSPS) is 13.0. The van der Waals surface area contributed by atoms with Crippen LogP contribution in [0.2, 0.25) is 0 Å². The summed E-state index contributed by atoms with van der Waals surface area (Å²) in [6.45, 7) is 7.17. The molecular formula is C16H22BrN3O2. The van der Waals surface area contributed by atoms with Crippen LogP contribution in [0.4, 0.5) is 0 Å². The van der Waals surface area contributed by atoms with E-state index in [-0.39, 0.29) is 5.92 Å². The second-order valence-electron chi connectivity index (χ2n) is 6.08. The van der Waals surface area contributed by atoms with E-state index >= 15 is 0 Å². The van der Waals surface area contributed by atoms with E-state index in [2.05, 4.69) is 26.2 Å². The molecule has 0 aliphatic rings. The summed E-state index contributed by atoms with van der Waals surface area (Å²) in [7, 11) is 0. The molecule has 0 amide bonds. The van der Waals surface area contributed by atoms with Gasteiger partial charge in [0.05, 0.1) is 17.8 Å². The number of nitrogens with zero attached hydrogens (tertiary/aromatic N) is 2. The van der Waals surface area contributed by atoms with E-state index in [0.717, 1.165) is 21.4 Å². The minimum absolute atomic E-state index is 0.354. The lowest BCUT2D eigenvalue weighted by Crippen LogP contribution is -2.29. The predicted molar refractivity (Wildman–Crippen MR) is 89.9 cm³/mol. The van der Waals surface area contributed by atoms with Crippen LogP contribution in [-0.4, -0.2) is 27.0 Å². The molecule has 2 aromatic heterocycles. The molecule has 5 nitrogen and oxygen atoms in total. The van der Waals surface area contributed by atoms with Crippen molar-refractivity contribution in [1.82, 2.24) is 14.7 Å². The number of carboxylic acids is 1. The number of nitrogens with one attached hydrogen (secondary N) is 1. The van der Waals surface area contributed by atoms with Crippen molar-refractivity contribution in [1.29, 1.82) is 0 Å². The topological polar surface area (TPSA) is 66.6 Å². The van der Waals surface area contributed by atoms with Gasteiger partial charge in [-0.3, -0.25) is 4.79 Å². The zero-order chi connectivity index (χ0) is 16.3. The van der Waals surface area contributed by atoms with Crippen molar-refractivity contribution >= 4 is 27.5 Å². The van der Waals surface area contributed by atoms with Crippen molar-refractivity contribution in [3.05, 3.63) is 34.2 Å². The molecule has 1 atom stereocenters. The molecule has 0 aliphatic carbocycles. The third-order valence-corrected chi connectivity index (χ3v) is 4.07. The maximum atomic E-state index is 11.3. The fourth-order valence-electron chi connectivity index (χ4n) is 2.61. The lowest BCUT2D eigenvalue weighted by molar-refractivity contribution is -0.142. The smallest absolute Gasteiger partial charge is 0.307 e. The summed E-state index contributed by atoms with van der Waals surface area (Å²) in [5.74, 6) is -0.720. The molecule has 0 saturated heterocycles. The van der Waals surface area contributed by atoms with Gasteiger partial charge < -0.3 is 14.8 Å². The quantitative estimate of drug-likeness (QED) is 0.788. The molecule has 0 fully saturated rings. The van der Waals surface area contributed by atoms with Gasteiger partial charge in [-0.1, -0.05) is 13.8 Å². The van der Waals surface area contributed by atoms with Gasteiger partial charge in [0.15, 0.2) is 0 Å². The highest BCUT2D eigenvalue weighted by molar-refractivity contribution is 9.10. The zero-order valence-electron chi connectivity index (χ0n) is 13.1. The maximum absolute atomic E-state index is 11.3. The fraction of sp³-hybridized carbons (Fsp3) is 0.500. The number of hydrogen-bond acceptors (Lipinski definition) is 3. The van der Waals surface area contributed by atoms with Gasteiger partial charge in [0.2, 0.25) is 0 Å². The molecule has 0 aromatic carbocycles. The van der Waals surface area contributed by atoms with E-state index in [1.54, 1.807) is 0 Å². The number of pyridine rings is 1. The Hall–Kier alpha value is -1.40.